The number of hydrogen-bond acceptors (Lipinski definition) is 6. The number of carbonyl (C=O) groups is 2. The molecule has 0 aliphatic carbocycles. The predicted octanol–water partition coefficient (Wildman–Crippen LogP) is 2.04. The molecular weight excluding hydrogens is 279 g/mol. The molecule has 0 fully saturated rings. The molecule has 0 unspecified atom stereocenters. The van der Waals surface area contributed by atoms with E-state index in [1.165, 1.54) is 0 Å². The average molecular weight is 308 g/mol. The lowest BCUT2D eigenvalue weighted by Gasteiger charge is -2.22. The molecule has 2 atom stereocenters. The normalized spacial score (nSPS) is 13.0. The summed E-state index contributed by atoms with van der Waals surface area (Å²) in [5, 5.41) is 6.13. The van der Waals surface area contributed by atoms with E-state index in [0.29, 0.717) is 13.2 Å². The monoisotopic (exact) mass is 308 g/mol. The van der Waals surface area contributed by atoms with Crippen molar-refractivity contribution in [3.05, 3.63) is 0 Å². The van der Waals surface area contributed by atoms with Crippen LogP contribution in [0.1, 0.15) is 41.5 Å². The summed E-state index contributed by atoms with van der Waals surface area (Å²) in [6.07, 6.45) is 0. The number of ether oxygens (including phenoxy) is 2. The quantitative estimate of drug-likeness (QED) is 0.528. The molecule has 0 rings (SSSR count). The molecule has 0 aromatic heterocycles. The molecule has 0 spiro atoms. The first-order valence-corrected chi connectivity index (χ1v) is 8.80. The van der Waals surface area contributed by atoms with Gasteiger partial charge in [-0.05, 0) is 34.4 Å². The summed E-state index contributed by atoms with van der Waals surface area (Å²) in [6, 6.07) is -0.800. The Morgan fingerprint density at radius 3 is 1.50 bits per heavy atom. The molecule has 0 amide bonds. The van der Waals surface area contributed by atoms with E-state index in [0.717, 1.165) is 0 Å². The Balaban J connectivity index is 0. The summed E-state index contributed by atoms with van der Waals surface area (Å²) in [6.45, 7) is 13.6. The molecular formula is C13H29N2O4P. The standard InChI is InChI=1S/C11H23N2O4P.C2H6/c1-6-16-10(14)8(3)12-18(5)13-9(4)11(15)17-7-2;1-2/h8-9,12-13H,6-7H2,1-5H3;1-2H3/t8-,9-;/m1./s1. The molecule has 0 aromatic rings. The highest BCUT2D eigenvalue weighted by molar-refractivity contribution is 7.52. The van der Waals surface area contributed by atoms with Crippen LogP contribution in [0.15, 0.2) is 0 Å². The van der Waals surface area contributed by atoms with Crippen molar-refractivity contribution < 1.29 is 19.1 Å². The largest absolute Gasteiger partial charge is 0.465 e. The fraction of sp³-hybridized carbons (Fsp3) is 0.846. The van der Waals surface area contributed by atoms with Crippen molar-refractivity contribution in [2.45, 2.75) is 53.6 Å². The molecule has 0 saturated carbocycles. The average Bonchev–Trinajstić information content (AvgIpc) is 2.41. The SMILES string of the molecule is CC.CCOC(=O)[C@@H](C)NP(C)N[C@H](C)C(=O)OCC. The van der Waals surface area contributed by atoms with Crippen molar-refractivity contribution in [3.63, 3.8) is 0 Å². The lowest BCUT2D eigenvalue weighted by molar-refractivity contribution is -0.145. The second-order valence-electron chi connectivity index (χ2n) is 3.76. The smallest absolute Gasteiger partial charge is 0.323 e. The van der Waals surface area contributed by atoms with Crippen LogP contribution in [0.4, 0.5) is 0 Å². The van der Waals surface area contributed by atoms with Crippen LogP contribution in [0.25, 0.3) is 0 Å². The van der Waals surface area contributed by atoms with Gasteiger partial charge in [-0.3, -0.25) is 19.8 Å². The van der Waals surface area contributed by atoms with Crippen LogP contribution in [-0.4, -0.2) is 43.9 Å². The zero-order valence-corrected chi connectivity index (χ0v) is 14.5. The minimum atomic E-state index is -0.847. The van der Waals surface area contributed by atoms with Crippen molar-refractivity contribution in [2.75, 3.05) is 19.9 Å². The van der Waals surface area contributed by atoms with Crippen LogP contribution in [-0.2, 0) is 19.1 Å². The van der Waals surface area contributed by atoms with E-state index in [1.54, 1.807) is 27.7 Å². The molecule has 120 valence electrons. The molecule has 0 heterocycles. The number of rotatable bonds is 8. The van der Waals surface area contributed by atoms with Gasteiger partial charge in [-0.1, -0.05) is 13.8 Å². The second-order valence-corrected chi connectivity index (χ2v) is 5.40. The summed E-state index contributed by atoms with van der Waals surface area (Å²) in [7, 11) is -0.847. The van der Waals surface area contributed by atoms with Gasteiger partial charge < -0.3 is 9.47 Å². The van der Waals surface area contributed by atoms with Crippen molar-refractivity contribution >= 4 is 20.2 Å². The fourth-order valence-electron chi connectivity index (χ4n) is 1.26. The van der Waals surface area contributed by atoms with Gasteiger partial charge in [0.25, 0.3) is 0 Å². The Hall–Kier alpha value is -0.710. The topological polar surface area (TPSA) is 76.7 Å². The van der Waals surface area contributed by atoms with Crippen molar-refractivity contribution in [2.24, 2.45) is 0 Å². The highest BCUT2D eigenvalue weighted by atomic mass is 31.1. The van der Waals surface area contributed by atoms with Gasteiger partial charge in [-0.2, -0.15) is 0 Å². The molecule has 0 aliphatic heterocycles. The number of carbonyl (C=O) groups excluding carboxylic acids is 2. The van der Waals surface area contributed by atoms with Gasteiger partial charge in [0, 0.05) is 8.22 Å². The van der Waals surface area contributed by atoms with E-state index in [9.17, 15) is 9.59 Å². The minimum absolute atomic E-state index is 0.294. The highest BCUT2D eigenvalue weighted by Crippen LogP contribution is 2.21. The Bertz CT molecular complexity index is 251. The van der Waals surface area contributed by atoms with Gasteiger partial charge in [-0.15, -0.1) is 0 Å². The first-order chi connectivity index (χ1) is 9.42. The Kier molecular flexibility index (Phi) is 14.3. The van der Waals surface area contributed by atoms with Crippen molar-refractivity contribution in [1.29, 1.82) is 0 Å². The van der Waals surface area contributed by atoms with E-state index in [2.05, 4.69) is 10.2 Å². The number of hydrogen-bond donors (Lipinski definition) is 2. The Morgan fingerprint density at radius 1 is 0.950 bits per heavy atom. The third-order valence-corrected chi connectivity index (χ3v) is 3.60. The van der Waals surface area contributed by atoms with E-state index in [1.807, 2.05) is 20.5 Å². The summed E-state index contributed by atoms with van der Waals surface area (Å²) < 4.78 is 9.77. The van der Waals surface area contributed by atoms with Crippen LogP contribution in [0.5, 0.6) is 0 Å². The van der Waals surface area contributed by atoms with E-state index in [4.69, 9.17) is 9.47 Å². The van der Waals surface area contributed by atoms with E-state index in [-0.39, 0.29) is 11.9 Å². The first-order valence-electron chi connectivity index (χ1n) is 7.01. The summed E-state index contributed by atoms with van der Waals surface area (Å²) in [5.74, 6) is -0.588. The maximum absolute atomic E-state index is 11.4. The zero-order chi connectivity index (χ0) is 16.1. The van der Waals surface area contributed by atoms with Crippen LogP contribution in [0, 0.1) is 0 Å². The van der Waals surface area contributed by atoms with Gasteiger partial charge in [0.15, 0.2) is 0 Å². The molecule has 6 nitrogen and oxygen atoms in total. The number of nitrogens with one attached hydrogen (secondary N) is 2. The van der Waals surface area contributed by atoms with Gasteiger partial charge in [-0.25, -0.2) is 0 Å². The Morgan fingerprint density at radius 2 is 1.25 bits per heavy atom. The van der Waals surface area contributed by atoms with E-state index >= 15 is 0 Å². The molecule has 0 saturated heterocycles. The maximum Gasteiger partial charge on any atom is 0.323 e. The minimum Gasteiger partial charge on any atom is -0.465 e. The molecule has 20 heavy (non-hydrogen) atoms. The van der Waals surface area contributed by atoms with Crippen LogP contribution < -0.4 is 10.2 Å². The number of esters is 2. The third-order valence-electron chi connectivity index (χ3n) is 2.05. The van der Waals surface area contributed by atoms with E-state index < -0.39 is 20.3 Å². The van der Waals surface area contributed by atoms with Gasteiger partial charge in [0.05, 0.1) is 13.2 Å². The lowest BCUT2D eigenvalue weighted by atomic mass is 10.4. The summed E-state index contributed by atoms with van der Waals surface area (Å²) in [4.78, 5) is 22.8. The highest BCUT2D eigenvalue weighted by Gasteiger charge is 2.20. The molecule has 2 N–H and O–H groups in total. The summed E-state index contributed by atoms with van der Waals surface area (Å²) in [5.41, 5.74) is 0. The Labute approximate surface area is 123 Å². The molecule has 0 bridgehead atoms. The third kappa shape index (κ3) is 10.1. The van der Waals surface area contributed by atoms with Gasteiger partial charge >= 0.3 is 11.9 Å². The van der Waals surface area contributed by atoms with Crippen LogP contribution in [0.2, 0.25) is 0 Å². The molecule has 0 radical (unpaired) electrons. The molecule has 7 heteroatoms. The van der Waals surface area contributed by atoms with Gasteiger partial charge in [0.2, 0.25) is 0 Å². The summed E-state index contributed by atoms with van der Waals surface area (Å²) >= 11 is 0. The van der Waals surface area contributed by atoms with Gasteiger partial charge in [0.1, 0.15) is 12.1 Å². The maximum atomic E-state index is 11.4. The zero-order valence-electron chi connectivity index (χ0n) is 13.6. The lowest BCUT2D eigenvalue weighted by Crippen LogP contribution is -2.39. The second kappa shape index (κ2) is 13.3. The predicted molar refractivity (Wildman–Crippen MR) is 82.7 cm³/mol. The molecule has 0 aliphatic rings. The van der Waals surface area contributed by atoms with Crippen molar-refractivity contribution in [3.8, 4) is 0 Å². The van der Waals surface area contributed by atoms with Crippen LogP contribution >= 0.6 is 8.22 Å². The fourth-order valence-corrected chi connectivity index (χ4v) is 2.71. The molecule has 0 aromatic carbocycles. The van der Waals surface area contributed by atoms with Crippen molar-refractivity contribution in [1.82, 2.24) is 10.2 Å². The van der Waals surface area contributed by atoms with Crippen LogP contribution in [0.3, 0.4) is 0 Å². The first kappa shape index (κ1) is 21.6.